The second-order valence-electron chi connectivity index (χ2n) is 5.15. The number of hydrogen-bond acceptors (Lipinski definition) is 3. The van der Waals surface area contributed by atoms with E-state index >= 15 is 0 Å². The van der Waals surface area contributed by atoms with Gasteiger partial charge in [0.05, 0.1) is 0 Å². The molecular weight excluding hydrogens is 218 g/mol. The van der Waals surface area contributed by atoms with E-state index in [1.807, 2.05) is 0 Å². The second-order valence-corrected chi connectivity index (χ2v) is 5.93. The molecule has 1 rings (SSSR count). The lowest BCUT2D eigenvalue weighted by atomic mass is 9.87. The van der Waals surface area contributed by atoms with Crippen molar-refractivity contribution in [3.05, 3.63) is 22.4 Å². The number of aliphatic hydroxyl groups is 1. The minimum absolute atomic E-state index is 0.257. The summed E-state index contributed by atoms with van der Waals surface area (Å²) in [5.41, 5.74) is 1.62. The molecule has 0 radical (unpaired) electrons. The molecule has 2 N–H and O–H groups in total. The van der Waals surface area contributed by atoms with Gasteiger partial charge in [0.2, 0.25) is 0 Å². The van der Waals surface area contributed by atoms with E-state index in [4.69, 9.17) is 5.11 Å². The zero-order valence-corrected chi connectivity index (χ0v) is 11.3. The molecule has 1 heterocycles. The third kappa shape index (κ3) is 4.64. The van der Waals surface area contributed by atoms with Gasteiger partial charge in [-0.15, -0.1) is 0 Å². The van der Waals surface area contributed by atoms with Gasteiger partial charge < -0.3 is 10.4 Å². The number of rotatable bonds is 7. The Bertz CT molecular complexity index is 282. The summed E-state index contributed by atoms with van der Waals surface area (Å²) in [5, 5.41) is 16.7. The van der Waals surface area contributed by atoms with Crippen LogP contribution < -0.4 is 5.32 Å². The highest BCUT2D eigenvalue weighted by Gasteiger charge is 2.18. The summed E-state index contributed by atoms with van der Waals surface area (Å²) in [5.74, 6) is 0. The molecule has 1 aromatic heterocycles. The summed E-state index contributed by atoms with van der Waals surface area (Å²) in [6.45, 7) is 7.98. The quantitative estimate of drug-likeness (QED) is 0.768. The van der Waals surface area contributed by atoms with Crippen molar-refractivity contribution < 1.29 is 5.11 Å². The predicted octanol–water partition coefficient (Wildman–Crippen LogP) is 3.20. The molecule has 1 atom stereocenters. The van der Waals surface area contributed by atoms with E-state index in [9.17, 15) is 0 Å². The van der Waals surface area contributed by atoms with E-state index < -0.39 is 0 Å². The van der Waals surface area contributed by atoms with E-state index in [1.165, 1.54) is 5.56 Å². The Labute approximate surface area is 103 Å². The molecule has 0 aliphatic rings. The number of aliphatic hydroxyl groups excluding tert-OH is 1. The van der Waals surface area contributed by atoms with Crippen LogP contribution in [0.1, 0.15) is 45.2 Å². The highest BCUT2D eigenvalue weighted by molar-refractivity contribution is 7.07. The van der Waals surface area contributed by atoms with Crippen molar-refractivity contribution in [1.29, 1.82) is 0 Å². The van der Waals surface area contributed by atoms with Gasteiger partial charge in [0.1, 0.15) is 0 Å². The van der Waals surface area contributed by atoms with Crippen LogP contribution in [0.15, 0.2) is 16.8 Å². The fraction of sp³-hybridized carbons (Fsp3) is 0.692. The van der Waals surface area contributed by atoms with Gasteiger partial charge in [0.15, 0.2) is 0 Å². The van der Waals surface area contributed by atoms with Crippen LogP contribution in [0.3, 0.4) is 0 Å². The van der Waals surface area contributed by atoms with Crippen molar-refractivity contribution in [1.82, 2.24) is 5.32 Å². The van der Waals surface area contributed by atoms with Crippen LogP contribution in [0.2, 0.25) is 0 Å². The topological polar surface area (TPSA) is 32.3 Å². The number of nitrogens with one attached hydrogen (secondary N) is 1. The van der Waals surface area contributed by atoms with Gasteiger partial charge >= 0.3 is 0 Å². The molecule has 92 valence electrons. The summed E-state index contributed by atoms with van der Waals surface area (Å²) < 4.78 is 0. The standard InChI is InChI=1S/C13H23NOS/c1-11(12-5-8-16-9-12)14-10-13(2,3)6-4-7-15/h5,8-9,11,14-15H,4,6-7,10H2,1-3H3. The first-order chi connectivity index (χ1) is 7.55. The maximum absolute atomic E-state index is 8.84. The van der Waals surface area contributed by atoms with Crippen molar-refractivity contribution in [2.75, 3.05) is 13.2 Å². The van der Waals surface area contributed by atoms with Crippen LogP contribution in [-0.4, -0.2) is 18.3 Å². The van der Waals surface area contributed by atoms with Gasteiger partial charge in [-0.1, -0.05) is 13.8 Å². The lowest BCUT2D eigenvalue weighted by molar-refractivity contribution is 0.233. The first-order valence-corrected chi connectivity index (χ1v) is 6.86. The highest BCUT2D eigenvalue weighted by Crippen LogP contribution is 2.23. The van der Waals surface area contributed by atoms with Gasteiger partial charge in [0, 0.05) is 19.2 Å². The van der Waals surface area contributed by atoms with E-state index in [1.54, 1.807) is 11.3 Å². The van der Waals surface area contributed by atoms with E-state index in [0.29, 0.717) is 12.6 Å². The van der Waals surface area contributed by atoms with E-state index in [0.717, 1.165) is 19.4 Å². The minimum atomic E-state index is 0.257. The van der Waals surface area contributed by atoms with Crippen LogP contribution in [0.25, 0.3) is 0 Å². The number of hydrogen-bond donors (Lipinski definition) is 2. The van der Waals surface area contributed by atoms with E-state index in [-0.39, 0.29) is 5.41 Å². The molecule has 2 nitrogen and oxygen atoms in total. The summed E-state index contributed by atoms with van der Waals surface area (Å²) >= 11 is 1.74. The van der Waals surface area contributed by atoms with Crippen LogP contribution in [0.4, 0.5) is 0 Å². The van der Waals surface area contributed by atoms with Gasteiger partial charge in [-0.2, -0.15) is 11.3 Å². The van der Waals surface area contributed by atoms with Crippen molar-refractivity contribution in [3.63, 3.8) is 0 Å². The molecule has 0 spiro atoms. The molecule has 0 amide bonds. The largest absolute Gasteiger partial charge is 0.396 e. The maximum atomic E-state index is 8.84. The van der Waals surface area contributed by atoms with Crippen LogP contribution in [0.5, 0.6) is 0 Å². The van der Waals surface area contributed by atoms with Crippen molar-refractivity contribution >= 4 is 11.3 Å². The molecule has 0 saturated carbocycles. The molecule has 1 aromatic rings. The Balaban J connectivity index is 2.33. The predicted molar refractivity (Wildman–Crippen MR) is 70.8 cm³/mol. The Morgan fingerprint density at radius 3 is 2.81 bits per heavy atom. The van der Waals surface area contributed by atoms with Gasteiger partial charge in [0.25, 0.3) is 0 Å². The lowest BCUT2D eigenvalue weighted by Gasteiger charge is -2.27. The summed E-state index contributed by atoms with van der Waals surface area (Å²) in [6.07, 6.45) is 1.95. The second kappa shape index (κ2) is 6.38. The van der Waals surface area contributed by atoms with Crippen molar-refractivity contribution in [2.24, 2.45) is 5.41 Å². The molecule has 0 aromatic carbocycles. The fourth-order valence-corrected chi connectivity index (χ4v) is 2.47. The molecule has 0 aliphatic heterocycles. The first-order valence-electron chi connectivity index (χ1n) is 5.91. The highest BCUT2D eigenvalue weighted by atomic mass is 32.1. The SMILES string of the molecule is CC(NCC(C)(C)CCCO)c1ccsc1. The summed E-state index contributed by atoms with van der Waals surface area (Å²) in [7, 11) is 0. The third-order valence-corrected chi connectivity index (χ3v) is 3.64. The Kier molecular flexibility index (Phi) is 5.46. The molecular formula is C13H23NOS. The lowest BCUT2D eigenvalue weighted by Crippen LogP contribution is -2.31. The normalized spacial score (nSPS) is 14.0. The van der Waals surface area contributed by atoms with Crippen LogP contribution in [-0.2, 0) is 0 Å². The van der Waals surface area contributed by atoms with Crippen LogP contribution >= 0.6 is 11.3 Å². The number of thiophene rings is 1. The molecule has 0 aliphatic carbocycles. The monoisotopic (exact) mass is 241 g/mol. The zero-order valence-electron chi connectivity index (χ0n) is 10.5. The molecule has 0 bridgehead atoms. The molecule has 0 fully saturated rings. The first kappa shape index (κ1) is 13.7. The Morgan fingerprint density at radius 1 is 1.50 bits per heavy atom. The molecule has 1 unspecified atom stereocenters. The van der Waals surface area contributed by atoms with Gasteiger partial charge in [-0.05, 0) is 47.6 Å². The average Bonchev–Trinajstić information content (AvgIpc) is 2.77. The van der Waals surface area contributed by atoms with Crippen LogP contribution in [0, 0.1) is 5.41 Å². The smallest absolute Gasteiger partial charge is 0.0431 e. The summed E-state index contributed by atoms with van der Waals surface area (Å²) in [6, 6.07) is 2.59. The Hall–Kier alpha value is -0.380. The molecule has 0 saturated heterocycles. The van der Waals surface area contributed by atoms with Crippen molar-refractivity contribution in [3.8, 4) is 0 Å². The average molecular weight is 241 g/mol. The molecule has 3 heteroatoms. The fourth-order valence-electron chi connectivity index (χ4n) is 1.71. The third-order valence-electron chi connectivity index (χ3n) is 2.94. The van der Waals surface area contributed by atoms with Gasteiger partial charge in [-0.3, -0.25) is 0 Å². The van der Waals surface area contributed by atoms with E-state index in [2.05, 4.69) is 42.9 Å². The summed E-state index contributed by atoms with van der Waals surface area (Å²) in [4.78, 5) is 0. The van der Waals surface area contributed by atoms with Gasteiger partial charge in [-0.25, -0.2) is 0 Å². The molecule has 16 heavy (non-hydrogen) atoms. The maximum Gasteiger partial charge on any atom is 0.0431 e. The minimum Gasteiger partial charge on any atom is -0.396 e. The van der Waals surface area contributed by atoms with Crippen molar-refractivity contribution in [2.45, 2.75) is 39.7 Å². The zero-order chi connectivity index (χ0) is 12.0. The Morgan fingerprint density at radius 2 is 2.25 bits per heavy atom.